The lowest BCUT2D eigenvalue weighted by molar-refractivity contribution is 0.230. The van der Waals surface area contributed by atoms with Crippen molar-refractivity contribution in [3.05, 3.63) is 30.1 Å². The van der Waals surface area contributed by atoms with Crippen LogP contribution in [0.1, 0.15) is 6.42 Å². The third-order valence-corrected chi connectivity index (χ3v) is 2.81. The van der Waals surface area contributed by atoms with Crippen molar-refractivity contribution in [3.8, 4) is 5.75 Å². The van der Waals surface area contributed by atoms with Crippen molar-refractivity contribution in [2.75, 3.05) is 26.2 Å². The van der Waals surface area contributed by atoms with Crippen LogP contribution >= 0.6 is 0 Å². The van der Waals surface area contributed by atoms with Gasteiger partial charge in [0.1, 0.15) is 6.61 Å². The Bertz CT molecular complexity index is 346. The molecule has 88 valence electrons. The average molecular weight is 224 g/mol. The highest BCUT2D eigenvalue weighted by Crippen LogP contribution is 2.15. The van der Waals surface area contributed by atoms with Crippen molar-refractivity contribution in [2.24, 2.45) is 5.73 Å². The molecule has 3 nitrogen and oxygen atoms in total. The summed E-state index contributed by atoms with van der Waals surface area (Å²) in [4.78, 5) is 2.24. The Labute approximate surface area is 95.0 Å². The highest BCUT2D eigenvalue weighted by Gasteiger charge is 2.18. The van der Waals surface area contributed by atoms with Crippen LogP contribution in [0.5, 0.6) is 5.75 Å². The van der Waals surface area contributed by atoms with Crippen LogP contribution in [0.15, 0.2) is 24.3 Å². The molecule has 0 unspecified atom stereocenters. The third-order valence-electron chi connectivity index (χ3n) is 2.81. The molecular weight excluding hydrogens is 207 g/mol. The standard InChI is InChI=1S/C12H17FN2O/c13-11-3-1-2-4-12(11)16-8-7-15-6-5-10(14)9-15/h1-4,10H,5-9,14H2/t10-/m0/s1. The maximum Gasteiger partial charge on any atom is 0.165 e. The molecule has 2 rings (SSSR count). The van der Waals surface area contributed by atoms with Gasteiger partial charge in [0.25, 0.3) is 0 Å². The van der Waals surface area contributed by atoms with E-state index in [2.05, 4.69) is 4.90 Å². The first-order chi connectivity index (χ1) is 7.75. The number of rotatable bonds is 4. The van der Waals surface area contributed by atoms with Crippen LogP contribution in [-0.2, 0) is 0 Å². The van der Waals surface area contributed by atoms with Crippen molar-refractivity contribution in [1.29, 1.82) is 0 Å². The molecule has 1 atom stereocenters. The number of benzene rings is 1. The first-order valence-corrected chi connectivity index (χ1v) is 5.61. The van der Waals surface area contributed by atoms with E-state index in [0.29, 0.717) is 12.4 Å². The Morgan fingerprint density at radius 3 is 2.94 bits per heavy atom. The van der Waals surface area contributed by atoms with Gasteiger partial charge in [-0.15, -0.1) is 0 Å². The molecule has 1 aliphatic heterocycles. The van der Waals surface area contributed by atoms with Crippen molar-refractivity contribution < 1.29 is 9.13 Å². The van der Waals surface area contributed by atoms with Crippen molar-refractivity contribution in [3.63, 3.8) is 0 Å². The van der Waals surface area contributed by atoms with E-state index in [1.165, 1.54) is 6.07 Å². The van der Waals surface area contributed by atoms with Gasteiger partial charge in [-0.2, -0.15) is 0 Å². The normalized spacial score (nSPS) is 21.2. The van der Waals surface area contributed by atoms with Crippen molar-refractivity contribution in [2.45, 2.75) is 12.5 Å². The monoisotopic (exact) mass is 224 g/mol. The molecule has 1 aromatic carbocycles. The number of para-hydroxylation sites is 1. The fraction of sp³-hybridized carbons (Fsp3) is 0.500. The maximum absolute atomic E-state index is 13.2. The zero-order chi connectivity index (χ0) is 11.4. The molecule has 0 aromatic heterocycles. The van der Waals surface area contributed by atoms with Gasteiger partial charge in [0.05, 0.1) is 0 Å². The predicted molar refractivity (Wildman–Crippen MR) is 60.9 cm³/mol. The van der Waals surface area contributed by atoms with Crippen LogP contribution in [0.2, 0.25) is 0 Å². The molecule has 1 aliphatic rings. The van der Waals surface area contributed by atoms with Crippen LogP contribution in [0.3, 0.4) is 0 Å². The number of hydrogen-bond acceptors (Lipinski definition) is 3. The van der Waals surface area contributed by atoms with Gasteiger partial charge < -0.3 is 10.5 Å². The Hall–Kier alpha value is -1.13. The Kier molecular flexibility index (Phi) is 3.74. The summed E-state index contributed by atoms with van der Waals surface area (Å²) in [6.07, 6.45) is 1.04. The van der Waals surface area contributed by atoms with E-state index in [1.807, 2.05) is 0 Å². The summed E-state index contributed by atoms with van der Waals surface area (Å²) in [5, 5.41) is 0. The minimum atomic E-state index is -0.305. The zero-order valence-electron chi connectivity index (χ0n) is 9.23. The van der Waals surface area contributed by atoms with Crippen molar-refractivity contribution in [1.82, 2.24) is 4.90 Å². The lowest BCUT2D eigenvalue weighted by Gasteiger charge is -2.15. The average Bonchev–Trinajstić information content (AvgIpc) is 2.67. The van der Waals surface area contributed by atoms with E-state index in [4.69, 9.17) is 10.5 Å². The number of nitrogens with zero attached hydrogens (tertiary/aromatic N) is 1. The van der Waals surface area contributed by atoms with Gasteiger partial charge in [0, 0.05) is 19.1 Å². The molecule has 0 aliphatic carbocycles. The molecule has 1 aromatic rings. The van der Waals surface area contributed by atoms with Gasteiger partial charge in [-0.05, 0) is 25.1 Å². The number of ether oxygens (including phenoxy) is 1. The number of hydrogen-bond donors (Lipinski definition) is 1. The zero-order valence-corrected chi connectivity index (χ0v) is 9.23. The largest absolute Gasteiger partial charge is 0.489 e. The van der Waals surface area contributed by atoms with Gasteiger partial charge in [0.2, 0.25) is 0 Å². The molecule has 1 saturated heterocycles. The fourth-order valence-electron chi connectivity index (χ4n) is 1.91. The molecule has 0 bridgehead atoms. The van der Waals surface area contributed by atoms with Crippen molar-refractivity contribution >= 4 is 0 Å². The number of nitrogens with two attached hydrogens (primary N) is 1. The number of likely N-dealkylation sites (tertiary alicyclic amines) is 1. The second-order valence-electron chi connectivity index (χ2n) is 4.13. The van der Waals surface area contributed by atoms with Crippen LogP contribution in [0.4, 0.5) is 4.39 Å². The molecule has 0 saturated carbocycles. The second kappa shape index (κ2) is 5.27. The van der Waals surface area contributed by atoms with Gasteiger partial charge in [0.15, 0.2) is 11.6 Å². The first-order valence-electron chi connectivity index (χ1n) is 5.61. The molecule has 4 heteroatoms. The van der Waals surface area contributed by atoms with Gasteiger partial charge in [-0.1, -0.05) is 12.1 Å². The fourth-order valence-corrected chi connectivity index (χ4v) is 1.91. The van der Waals surface area contributed by atoms with Crippen LogP contribution in [-0.4, -0.2) is 37.2 Å². The van der Waals surface area contributed by atoms with E-state index in [-0.39, 0.29) is 11.9 Å². The summed E-state index contributed by atoms with van der Waals surface area (Å²) in [6.45, 7) is 3.25. The first kappa shape index (κ1) is 11.4. The molecule has 0 radical (unpaired) electrons. The second-order valence-corrected chi connectivity index (χ2v) is 4.13. The summed E-state index contributed by atoms with van der Waals surface area (Å²) < 4.78 is 18.6. The lowest BCUT2D eigenvalue weighted by Crippen LogP contribution is -2.29. The van der Waals surface area contributed by atoms with Gasteiger partial charge in [-0.3, -0.25) is 4.90 Å². The van der Waals surface area contributed by atoms with E-state index in [9.17, 15) is 4.39 Å². The molecule has 2 N–H and O–H groups in total. The van der Waals surface area contributed by atoms with E-state index >= 15 is 0 Å². The third kappa shape index (κ3) is 2.93. The maximum atomic E-state index is 13.2. The molecule has 1 heterocycles. The van der Waals surface area contributed by atoms with E-state index < -0.39 is 0 Å². The number of halogens is 1. The minimum Gasteiger partial charge on any atom is -0.489 e. The smallest absolute Gasteiger partial charge is 0.165 e. The van der Waals surface area contributed by atoms with Crippen LogP contribution in [0.25, 0.3) is 0 Å². The quantitative estimate of drug-likeness (QED) is 0.836. The molecule has 1 fully saturated rings. The summed E-state index contributed by atoms with van der Waals surface area (Å²) in [5.41, 5.74) is 5.79. The Morgan fingerprint density at radius 1 is 1.44 bits per heavy atom. The summed E-state index contributed by atoms with van der Waals surface area (Å²) >= 11 is 0. The molecule has 0 spiro atoms. The lowest BCUT2D eigenvalue weighted by atomic mass is 10.3. The Balaban J connectivity index is 1.74. The summed E-state index contributed by atoms with van der Waals surface area (Å²) in [5.74, 6) is 0.0200. The van der Waals surface area contributed by atoms with Gasteiger partial charge in [-0.25, -0.2) is 4.39 Å². The Morgan fingerprint density at radius 2 is 2.25 bits per heavy atom. The van der Waals surface area contributed by atoms with E-state index in [0.717, 1.165) is 26.1 Å². The minimum absolute atomic E-state index is 0.286. The summed E-state index contributed by atoms with van der Waals surface area (Å²) in [7, 11) is 0. The predicted octanol–water partition coefficient (Wildman–Crippen LogP) is 1.24. The molecular formula is C12H17FN2O. The van der Waals surface area contributed by atoms with Crippen LogP contribution < -0.4 is 10.5 Å². The SMILES string of the molecule is N[C@H]1CCN(CCOc2ccccc2F)C1. The van der Waals surface area contributed by atoms with Gasteiger partial charge >= 0.3 is 0 Å². The molecule has 16 heavy (non-hydrogen) atoms. The highest BCUT2D eigenvalue weighted by atomic mass is 19.1. The van der Waals surface area contributed by atoms with Crippen LogP contribution in [0, 0.1) is 5.82 Å². The topological polar surface area (TPSA) is 38.5 Å². The van der Waals surface area contributed by atoms with E-state index in [1.54, 1.807) is 18.2 Å². The molecule has 0 amide bonds. The summed E-state index contributed by atoms with van der Waals surface area (Å²) in [6, 6.07) is 6.76. The highest BCUT2D eigenvalue weighted by molar-refractivity contribution is 5.23.